The van der Waals surface area contributed by atoms with E-state index in [4.69, 9.17) is 15.2 Å². The maximum absolute atomic E-state index is 10.1. The van der Waals surface area contributed by atoms with Gasteiger partial charge >= 0.3 is 0 Å². The normalized spacial score (nSPS) is 16.9. The van der Waals surface area contributed by atoms with E-state index in [0.29, 0.717) is 61.7 Å². The molecule has 2 aliphatic rings. The van der Waals surface area contributed by atoms with Crippen LogP contribution < -0.4 is 14.5 Å². The Morgan fingerprint density at radius 1 is 0.562 bits per heavy atom. The molecular formula is C74H73N4OPt-3. The average Bonchev–Trinajstić information content (AvgIpc) is 1.70. The molecule has 10 aromatic rings. The number of hydrogen-bond donors (Lipinski definition) is 0. The first kappa shape index (κ1) is 42.7. The quantitative estimate of drug-likeness (QED) is 0.142. The molecule has 1 aliphatic carbocycles. The van der Waals surface area contributed by atoms with Crippen LogP contribution in [0.1, 0.15) is 146 Å². The van der Waals surface area contributed by atoms with Gasteiger partial charge in [-0.05, 0) is 126 Å². The summed E-state index contributed by atoms with van der Waals surface area (Å²) < 4.78 is 112. The van der Waals surface area contributed by atoms with Gasteiger partial charge in [-0.1, -0.05) is 204 Å². The fraction of sp³-hybridized carbons (Fsp3) is 0.270. The van der Waals surface area contributed by atoms with Crippen LogP contribution >= 0.6 is 0 Å². The number of fused-ring (bicyclic) bond motifs is 5. The van der Waals surface area contributed by atoms with Crippen molar-refractivity contribution in [2.75, 3.05) is 9.80 Å². The number of nitrogens with zero attached hydrogens (tertiary/aromatic N) is 4. The third-order valence-electron chi connectivity index (χ3n) is 15.9. The summed E-state index contributed by atoms with van der Waals surface area (Å²) in [4.78, 5) is 8.77. The van der Waals surface area contributed by atoms with E-state index >= 15 is 0 Å². The standard InChI is InChI=1S/C74H73N4O.Pt/c1-70(2,3)51-33-35-56(62(43-51)72(7,8)9)48-28-30-49(31-29-48)57-23-19-24-58(50-32-37-61-63(42-50)74(12,13)40-39-73(61,10)11)69(57)77-47-76(65-26-16-17-27-66(65)77)53-20-18-21-54(45-53)79-55-34-36-60-59-22-14-15-25-64(59)78(67(60)46-55)68-44-52(38-41-75-68)71(4,5)6;/h14-38,41-44,47H,39-40H2,1-13H3;/q-3;/i14D,15D,22D,25D,28D,29D,30D,31D,33D,35D,43D;. The maximum atomic E-state index is 10.1. The van der Waals surface area contributed by atoms with E-state index in [0.717, 1.165) is 40.9 Å². The maximum Gasteiger partial charge on any atom is 0.135 e. The fourth-order valence-electron chi connectivity index (χ4n) is 11.3. The molecule has 0 unspecified atom stereocenters. The first-order chi connectivity index (χ1) is 42.1. The smallest absolute Gasteiger partial charge is 0.135 e. The van der Waals surface area contributed by atoms with Crippen molar-refractivity contribution in [3.63, 3.8) is 0 Å². The van der Waals surface area contributed by atoms with Gasteiger partial charge in [-0.15, -0.1) is 48.1 Å². The van der Waals surface area contributed by atoms with E-state index in [9.17, 15) is 9.60 Å². The van der Waals surface area contributed by atoms with Gasteiger partial charge in [0.2, 0.25) is 0 Å². The molecule has 80 heavy (non-hydrogen) atoms. The van der Waals surface area contributed by atoms with Gasteiger partial charge in [-0.25, -0.2) is 4.98 Å². The van der Waals surface area contributed by atoms with Gasteiger partial charge in [0.15, 0.2) is 0 Å². The molecule has 1 aliphatic heterocycles. The van der Waals surface area contributed by atoms with Gasteiger partial charge < -0.3 is 19.1 Å². The topological polar surface area (TPSA) is 33.5 Å². The minimum Gasteiger partial charge on any atom is -0.509 e. The monoisotopic (exact) mass is 1240 g/mol. The summed E-state index contributed by atoms with van der Waals surface area (Å²) in [6.45, 7) is 28.8. The summed E-state index contributed by atoms with van der Waals surface area (Å²) in [7, 11) is 0. The van der Waals surface area contributed by atoms with E-state index in [2.05, 4.69) is 78.8 Å². The Kier molecular flexibility index (Phi) is 10.7. The number of pyridine rings is 1. The second kappa shape index (κ2) is 20.1. The predicted octanol–water partition coefficient (Wildman–Crippen LogP) is 20.2. The molecule has 0 radical (unpaired) electrons. The Bertz CT molecular complexity index is 4640. The Labute approximate surface area is 505 Å². The molecule has 0 amide bonds. The summed E-state index contributed by atoms with van der Waals surface area (Å²) in [5.74, 6) is 1.10. The van der Waals surface area contributed by atoms with Crippen LogP contribution in [0.2, 0.25) is 0 Å². The molecule has 0 saturated carbocycles. The van der Waals surface area contributed by atoms with E-state index < -0.39 is 10.8 Å². The molecule has 0 spiro atoms. The molecule has 2 aromatic heterocycles. The molecule has 0 N–H and O–H groups in total. The van der Waals surface area contributed by atoms with Gasteiger partial charge in [0.1, 0.15) is 5.82 Å². The summed E-state index contributed by atoms with van der Waals surface area (Å²) in [5, 5.41) is 0.890. The second-order valence-electron chi connectivity index (χ2n) is 25.6. The summed E-state index contributed by atoms with van der Waals surface area (Å²) in [6, 6.07) is 37.3. The zero-order valence-electron chi connectivity index (χ0n) is 58.9. The van der Waals surface area contributed by atoms with Crippen molar-refractivity contribution in [1.82, 2.24) is 9.55 Å². The number of anilines is 4. The van der Waals surface area contributed by atoms with E-state index in [1.807, 2.05) is 125 Å². The molecule has 408 valence electrons. The SMILES string of the molecule is [2H]c1c([2H])c(-c2c([2H])c([2H])c(C(C)(C)C)c([2H])c2C(C)(C)C)c([2H])c([2H])c1-c1cccc(-c2ccc3c(c2)C(C)(C)CCC3(C)C)c1N1[CH-]N(c2[c-]c(Oc3[c-]c4c(cc3)c3c([2H])c([2H])c([2H])c([2H])c3n4-c3cc(C(C)(C)C)ccn3)ccc2)c2ccccc21.[Pt]. The molecule has 12 rings (SSSR count). The Hall–Kier alpha value is -7.20. The van der Waals surface area contributed by atoms with Crippen LogP contribution in [0.4, 0.5) is 22.7 Å². The van der Waals surface area contributed by atoms with Crippen molar-refractivity contribution in [3.05, 3.63) is 222 Å². The number of rotatable bonds is 8. The number of benzene rings is 8. The van der Waals surface area contributed by atoms with E-state index in [1.54, 1.807) is 29.0 Å². The van der Waals surface area contributed by atoms with Gasteiger partial charge in [0.25, 0.3) is 0 Å². The third kappa shape index (κ3) is 9.88. The van der Waals surface area contributed by atoms with Crippen molar-refractivity contribution < 1.29 is 40.9 Å². The second-order valence-corrected chi connectivity index (χ2v) is 25.6. The average molecular weight is 1240 g/mol. The zero-order valence-corrected chi connectivity index (χ0v) is 50.2. The first-order valence-corrected chi connectivity index (χ1v) is 27.3. The molecule has 0 saturated heterocycles. The van der Waals surface area contributed by atoms with Crippen molar-refractivity contribution in [2.45, 2.75) is 130 Å². The Balaban J connectivity index is 0.00000850. The van der Waals surface area contributed by atoms with Crippen LogP contribution in [0.5, 0.6) is 11.5 Å². The van der Waals surface area contributed by atoms with Crippen molar-refractivity contribution in [1.29, 1.82) is 0 Å². The molecule has 0 fully saturated rings. The summed E-state index contributed by atoms with van der Waals surface area (Å²) in [6.07, 6.45) is 3.72. The number of hydrogen-bond acceptors (Lipinski definition) is 4. The van der Waals surface area contributed by atoms with Crippen molar-refractivity contribution in [2.24, 2.45) is 0 Å². The van der Waals surface area contributed by atoms with Crippen molar-refractivity contribution in [3.8, 4) is 50.7 Å². The minimum atomic E-state index is -0.790. The third-order valence-corrected chi connectivity index (χ3v) is 15.9. The van der Waals surface area contributed by atoms with Crippen LogP contribution in [0, 0.1) is 18.8 Å². The van der Waals surface area contributed by atoms with Gasteiger partial charge in [0, 0.05) is 72.5 Å². The molecule has 0 atom stereocenters. The molecule has 3 heterocycles. The van der Waals surface area contributed by atoms with E-state index in [-0.39, 0.29) is 126 Å². The van der Waals surface area contributed by atoms with Crippen molar-refractivity contribution >= 4 is 44.6 Å². The van der Waals surface area contributed by atoms with Gasteiger partial charge in [-0.3, -0.25) is 0 Å². The zero-order chi connectivity index (χ0) is 65.0. The fourth-order valence-corrected chi connectivity index (χ4v) is 11.3. The molecular weight excluding hydrogens is 1160 g/mol. The predicted molar refractivity (Wildman–Crippen MR) is 332 cm³/mol. The number of para-hydroxylation sites is 4. The minimum absolute atomic E-state index is 0. The first-order valence-electron chi connectivity index (χ1n) is 32.8. The summed E-state index contributed by atoms with van der Waals surface area (Å²) >= 11 is 0. The van der Waals surface area contributed by atoms with Crippen LogP contribution in [-0.2, 0) is 48.1 Å². The largest absolute Gasteiger partial charge is 0.509 e. The van der Waals surface area contributed by atoms with Crippen LogP contribution in [0.3, 0.4) is 0 Å². The van der Waals surface area contributed by atoms with Gasteiger partial charge in [-0.2, -0.15) is 12.1 Å². The summed E-state index contributed by atoms with van der Waals surface area (Å²) in [5.41, 5.74) is 7.84. The van der Waals surface area contributed by atoms with E-state index in [1.165, 1.54) is 11.1 Å². The molecule has 5 nitrogen and oxygen atoms in total. The molecule has 6 heteroatoms. The van der Waals surface area contributed by atoms with Crippen LogP contribution in [0.25, 0.3) is 61.0 Å². The number of ether oxygens (including phenoxy) is 1. The Morgan fingerprint density at radius 3 is 1.90 bits per heavy atom. The molecule has 0 bridgehead atoms. The number of aromatic nitrogens is 2. The van der Waals surface area contributed by atoms with Gasteiger partial charge in [0.05, 0.1) is 15.1 Å². The molecule has 8 aromatic carbocycles. The van der Waals surface area contributed by atoms with Crippen LogP contribution in [0.15, 0.2) is 176 Å². The van der Waals surface area contributed by atoms with Crippen LogP contribution in [-0.4, -0.2) is 9.55 Å². The Morgan fingerprint density at radius 2 is 1.20 bits per heavy atom.